The van der Waals surface area contributed by atoms with Gasteiger partial charge in [-0.2, -0.15) is 0 Å². The van der Waals surface area contributed by atoms with Gasteiger partial charge in [0.05, 0.1) is 0 Å². The molecule has 5 nitrogen and oxygen atoms in total. The van der Waals surface area contributed by atoms with Crippen molar-refractivity contribution in [2.45, 2.75) is 19.3 Å². The molecule has 0 radical (unpaired) electrons. The summed E-state index contributed by atoms with van der Waals surface area (Å²) in [6.45, 7) is 9.73. The number of nitrogens with zero attached hydrogens (tertiary/aromatic N) is 3. The zero-order valence-electron chi connectivity index (χ0n) is 15.0. The molecule has 0 aliphatic carbocycles. The number of carbonyl (C=O) groups excluding carboxylic acids is 1. The fraction of sp³-hybridized carbons (Fsp3) is 0.632. The first-order valence-corrected chi connectivity index (χ1v) is 9.12. The van der Waals surface area contributed by atoms with Gasteiger partial charge in [0.1, 0.15) is 0 Å². The molecule has 0 aromatic heterocycles. The Hall–Kier alpha value is -1.59. The van der Waals surface area contributed by atoms with Crippen molar-refractivity contribution in [3.05, 3.63) is 35.4 Å². The summed E-state index contributed by atoms with van der Waals surface area (Å²) < 4.78 is 0. The highest BCUT2D eigenvalue weighted by Gasteiger charge is 2.25. The van der Waals surface area contributed by atoms with E-state index in [0.29, 0.717) is 5.92 Å². The van der Waals surface area contributed by atoms with E-state index >= 15 is 0 Å². The van der Waals surface area contributed by atoms with Crippen molar-refractivity contribution < 1.29 is 4.79 Å². The molecule has 2 heterocycles. The molecule has 5 heteroatoms. The average Bonchev–Trinajstić information content (AvgIpc) is 3.04. The topological polar surface area (TPSA) is 38.8 Å². The van der Waals surface area contributed by atoms with Gasteiger partial charge in [-0.05, 0) is 44.0 Å². The molecule has 2 saturated heterocycles. The van der Waals surface area contributed by atoms with Crippen LogP contribution >= 0.6 is 0 Å². The zero-order valence-corrected chi connectivity index (χ0v) is 15.0. The summed E-state index contributed by atoms with van der Waals surface area (Å²) in [6, 6.07) is 8.81. The maximum atomic E-state index is 12.2. The third-order valence-electron chi connectivity index (χ3n) is 5.40. The monoisotopic (exact) mass is 330 g/mol. The van der Waals surface area contributed by atoms with Crippen LogP contribution in [0.15, 0.2) is 24.3 Å². The Morgan fingerprint density at radius 2 is 1.92 bits per heavy atom. The van der Waals surface area contributed by atoms with E-state index in [1.165, 1.54) is 17.5 Å². The molecule has 1 atom stereocenters. The first-order chi connectivity index (χ1) is 11.6. The second-order valence-electron chi connectivity index (χ2n) is 7.17. The number of amides is 2. The lowest BCUT2D eigenvalue weighted by Gasteiger charge is -2.32. The van der Waals surface area contributed by atoms with Crippen molar-refractivity contribution in [3.8, 4) is 0 Å². The number of likely N-dealkylation sites (N-methyl/N-ethyl adjacent to an activating group) is 1. The molecule has 2 aliphatic heterocycles. The molecule has 1 N–H and O–H groups in total. The summed E-state index contributed by atoms with van der Waals surface area (Å²) in [7, 11) is 2.10. The molecule has 0 unspecified atom stereocenters. The van der Waals surface area contributed by atoms with E-state index in [9.17, 15) is 4.79 Å². The average molecular weight is 330 g/mol. The highest BCUT2D eigenvalue weighted by molar-refractivity contribution is 5.74. The largest absolute Gasteiger partial charge is 0.337 e. The van der Waals surface area contributed by atoms with Crippen molar-refractivity contribution in [3.63, 3.8) is 0 Å². The van der Waals surface area contributed by atoms with E-state index in [1.807, 2.05) is 4.90 Å². The van der Waals surface area contributed by atoms with Gasteiger partial charge in [0, 0.05) is 45.8 Å². The van der Waals surface area contributed by atoms with Crippen molar-refractivity contribution in [1.29, 1.82) is 0 Å². The second-order valence-corrected chi connectivity index (χ2v) is 7.17. The predicted molar refractivity (Wildman–Crippen MR) is 97.4 cm³/mol. The molecular weight excluding hydrogens is 300 g/mol. The van der Waals surface area contributed by atoms with Gasteiger partial charge in [0.2, 0.25) is 0 Å². The third-order valence-corrected chi connectivity index (χ3v) is 5.40. The number of likely N-dealkylation sites (tertiary alicyclic amines) is 1. The zero-order chi connectivity index (χ0) is 16.9. The van der Waals surface area contributed by atoms with E-state index in [0.717, 1.165) is 52.4 Å². The van der Waals surface area contributed by atoms with E-state index in [-0.39, 0.29) is 6.03 Å². The summed E-state index contributed by atoms with van der Waals surface area (Å²) in [5.41, 5.74) is 2.88. The highest BCUT2D eigenvalue weighted by Crippen LogP contribution is 2.28. The number of benzene rings is 1. The molecule has 1 aromatic rings. The number of hydrogen-bond donors (Lipinski definition) is 1. The fourth-order valence-corrected chi connectivity index (χ4v) is 3.78. The van der Waals surface area contributed by atoms with Crippen LogP contribution in [0.25, 0.3) is 0 Å². The molecule has 1 aromatic carbocycles. The number of nitrogens with one attached hydrogen (secondary N) is 1. The maximum Gasteiger partial charge on any atom is 0.317 e. The first kappa shape index (κ1) is 17.2. The highest BCUT2D eigenvalue weighted by atomic mass is 16.2. The predicted octanol–water partition coefficient (Wildman–Crippen LogP) is 1.74. The van der Waals surface area contributed by atoms with Crippen LogP contribution < -0.4 is 5.32 Å². The number of piperazine rings is 1. The van der Waals surface area contributed by atoms with Crippen LogP contribution in [0.1, 0.15) is 23.5 Å². The van der Waals surface area contributed by atoms with Gasteiger partial charge in [0.15, 0.2) is 0 Å². The lowest BCUT2D eigenvalue weighted by molar-refractivity contribution is 0.153. The second kappa shape index (κ2) is 7.99. The number of carbonyl (C=O) groups is 1. The van der Waals surface area contributed by atoms with E-state index in [4.69, 9.17) is 0 Å². The number of urea groups is 1. The Bertz CT molecular complexity index is 554. The van der Waals surface area contributed by atoms with Gasteiger partial charge in [-0.3, -0.25) is 0 Å². The SMILES string of the molecule is Cc1ccccc1[C@H]1CCN(CCNC(=O)N2CCN(C)CC2)C1. The van der Waals surface area contributed by atoms with Crippen LogP contribution in [-0.2, 0) is 0 Å². The Labute approximate surface area is 145 Å². The minimum Gasteiger partial charge on any atom is -0.337 e. The Morgan fingerprint density at radius 3 is 2.67 bits per heavy atom. The number of hydrogen-bond acceptors (Lipinski definition) is 3. The van der Waals surface area contributed by atoms with Crippen LogP contribution in [0.4, 0.5) is 4.79 Å². The first-order valence-electron chi connectivity index (χ1n) is 9.12. The van der Waals surface area contributed by atoms with Crippen LogP contribution in [0, 0.1) is 6.92 Å². The van der Waals surface area contributed by atoms with Gasteiger partial charge in [-0.15, -0.1) is 0 Å². The van der Waals surface area contributed by atoms with E-state index < -0.39 is 0 Å². The van der Waals surface area contributed by atoms with Crippen LogP contribution in [0.5, 0.6) is 0 Å². The molecule has 3 rings (SSSR count). The van der Waals surface area contributed by atoms with Crippen molar-refractivity contribution >= 4 is 6.03 Å². The van der Waals surface area contributed by atoms with Crippen LogP contribution in [0.3, 0.4) is 0 Å². The summed E-state index contributed by atoms with van der Waals surface area (Å²) in [5, 5.41) is 3.09. The van der Waals surface area contributed by atoms with E-state index in [1.54, 1.807) is 0 Å². The van der Waals surface area contributed by atoms with Crippen molar-refractivity contribution in [2.24, 2.45) is 0 Å². The van der Waals surface area contributed by atoms with Crippen molar-refractivity contribution in [1.82, 2.24) is 20.0 Å². The maximum absolute atomic E-state index is 12.2. The molecule has 132 valence electrons. The minimum atomic E-state index is 0.0951. The molecule has 0 spiro atoms. The molecule has 2 fully saturated rings. The van der Waals surface area contributed by atoms with Crippen LogP contribution in [-0.4, -0.2) is 80.1 Å². The fourth-order valence-electron chi connectivity index (χ4n) is 3.78. The molecular formula is C19H30N4O. The summed E-state index contributed by atoms with van der Waals surface area (Å²) in [6.07, 6.45) is 1.22. The summed E-state index contributed by atoms with van der Waals surface area (Å²) >= 11 is 0. The van der Waals surface area contributed by atoms with Gasteiger partial charge in [-0.1, -0.05) is 24.3 Å². The smallest absolute Gasteiger partial charge is 0.317 e. The lowest BCUT2D eigenvalue weighted by atomic mass is 9.94. The molecule has 0 saturated carbocycles. The quantitative estimate of drug-likeness (QED) is 0.914. The van der Waals surface area contributed by atoms with Gasteiger partial charge < -0.3 is 20.0 Å². The van der Waals surface area contributed by atoms with Gasteiger partial charge >= 0.3 is 6.03 Å². The van der Waals surface area contributed by atoms with Crippen molar-refractivity contribution in [2.75, 3.05) is 59.4 Å². The Kier molecular flexibility index (Phi) is 5.74. The normalized spacial score (nSPS) is 22.8. The summed E-state index contributed by atoms with van der Waals surface area (Å²) in [4.78, 5) is 18.9. The van der Waals surface area contributed by atoms with Gasteiger partial charge in [0.25, 0.3) is 0 Å². The summed E-state index contributed by atoms with van der Waals surface area (Å²) in [5.74, 6) is 0.638. The third kappa shape index (κ3) is 4.28. The molecule has 2 amide bonds. The van der Waals surface area contributed by atoms with Gasteiger partial charge in [-0.25, -0.2) is 4.79 Å². The minimum absolute atomic E-state index is 0.0951. The standard InChI is InChI=1S/C19H30N4O/c1-16-5-3-4-6-18(16)17-7-9-22(15-17)10-8-20-19(24)23-13-11-21(2)12-14-23/h3-6,17H,7-15H2,1-2H3,(H,20,24)/t17-/m0/s1. The van der Waals surface area contributed by atoms with Crippen LogP contribution in [0.2, 0.25) is 0 Å². The number of rotatable bonds is 4. The Morgan fingerprint density at radius 1 is 1.17 bits per heavy atom. The molecule has 2 aliphatic rings. The van der Waals surface area contributed by atoms with E-state index in [2.05, 4.69) is 53.4 Å². The molecule has 24 heavy (non-hydrogen) atoms. The molecule has 0 bridgehead atoms. The lowest BCUT2D eigenvalue weighted by Crippen LogP contribution is -2.51. The Balaban J connectivity index is 1.39. The number of aryl methyl sites for hydroxylation is 1.